The predicted octanol–water partition coefficient (Wildman–Crippen LogP) is 1.56. The van der Waals surface area contributed by atoms with Crippen molar-refractivity contribution in [3.05, 3.63) is 18.3 Å². The maximum Gasteiger partial charge on any atom is 0.241 e. The number of nitrogens with one attached hydrogen (secondary N) is 2. The molecule has 5 nitrogen and oxygen atoms in total. The highest BCUT2D eigenvalue weighted by atomic mass is 16.5. The number of rotatable bonds is 4. The van der Waals surface area contributed by atoms with E-state index in [0.717, 1.165) is 19.4 Å². The summed E-state index contributed by atoms with van der Waals surface area (Å²) in [4.78, 5) is 16.1. The Morgan fingerprint density at radius 2 is 2.44 bits per heavy atom. The van der Waals surface area contributed by atoms with Gasteiger partial charge in [0.2, 0.25) is 11.8 Å². The summed E-state index contributed by atoms with van der Waals surface area (Å²) in [5, 5.41) is 6.03. The van der Waals surface area contributed by atoms with E-state index in [1.165, 1.54) is 0 Å². The molecule has 0 spiro atoms. The number of carbonyl (C=O) groups excluding carboxylic acids is 1. The Morgan fingerprint density at radius 3 is 3.11 bits per heavy atom. The fraction of sp³-hybridized carbons (Fsp3) is 0.538. The molecule has 2 rings (SSSR count). The van der Waals surface area contributed by atoms with E-state index >= 15 is 0 Å². The molecule has 0 aliphatic carbocycles. The van der Waals surface area contributed by atoms with E-state index in [9.17, 15) is 4.79 Å². The molecule has 0 unspecified atom stereocenters. The van der Waals surface area contributed by atoms with Gasteiger partial charge in [-0.05, 0) is 45.4 Å². The number of hydrogen-bond acceptors (Lipinski definition) is 4. The lowest BCUT2D eigenvalue weighted by Crippen LogP contribution is -2.35. The van der Waals surface area contributed by atoms with Gasteiger partial charge in [-0.1, -0.05) is 0 Å². The van der Waals surface area contributed by atoms with Crippen molar-refractivity contribution in [3.63, 3.8) is 0 Å². The molecule has 0 radical (unpaired) electrons. The minimum atomic E-state index is -0.0999. The first-order chi connectivity index (χ1) is 8.66. The highest BCUT2D eigenvalue weighted by Crippen LogP contribution is 2.22. The topological polar surface area (TPSA) is 63.2 Å². The van der Waals surface area contributed by atoms with Crippen molar-refractivity contribution in [1.29, 1.82) is 0 Å². The molecule has 2 N–H and O–H groups in total. The summed E-state index contributed by atoms with van der Waals surface area (Å²) in [6.07, 6.45) is 3.61. The van der Waals surface area contributed by atoms with Crippen LogP contribution in [0.15, 0.2) is 18.3 Å². The Hall–Kier alpha value is -1.62. The lowest BCUT2D eigenvalue weighted by Gasteiger charge is -2.15. The number of amides is 1. The SMILES string of the molecule is CC(C)Oc1ncccc1NC(=O)[C@@H]1CCCN1. The zero-order valence-corrected chi connectivity index (χ0v) is 10.8. The molecular weight excluding hydrogens is 230 g/mol. The Balaban J connectivity index is 2.05. The summed E-state index contributed by atoms with van der Waals surface area (Å²) >= 11 is 0. The molecule has 0 aromatic carbocycles. The number of ether oxygens (including phenoxy) is 1. The second-order valence-corrected chi connectivity index (χ2v) is 4.66. The van der Waals surface area contributed by atoms with Crippen LogP contribution in [0.25, 0.3) is 0 Å². The van der Waals surface area contributed by atoms with Gasteiger partial charge < -0.3 is 15.4 Å². The largest absolute Gasteiger partial charge is 0.473 e. The lowest BCUT2D eigenvalue weighted by molar-refractivity contribution is -0.117. The van der Waals surface area contributed by atoms with Gasteiger partial charge in [-0.2, -0.15) is 0 Å². The van der Waals surface area contributed by atoms with Gasteiger partial charge in [-0.25, -0.2) is 4.98 Å². The Labute approximate surface area is 107 Å². The Bertz CT molecular complexity index is 414. The second kappa shape index (κ2) is 5.82. The molecule has 18 heavy (non-hydrogen) atoms. The third-order valence-electron chi connectivity index (χ3n) is 2.75. The first-order valence-corrected chi connectivity index (χ1v) is 6.32. The molecule has 1 saturated heterocycles. The molecule has 0 saturated carbocycles. The number of hydrogen-bond donors (Lipinski definition) is 2. The number of anilines is 1. The van der Waals surface area contributed by atoms with Crippen LogP contribution < -0.4 is 15.4 Å². The van der Waals surface area contributed by atoms with Gasteiger partial charge in [0.1, 0.15) is 5.69 Å². The number of nitrogens with zero attached hydrogens (tertiary/aromatic N) is 1. The van der Waals surface area contributed by atoms with Crippen molar-refractivity contribution < 1.29 is 9.53 Å². The zero-order chi connectivity index (χ0) is 13.0. The standard InChI is InChI=1S/C13H19N3O2/c1-9(2)18-13-11(6-4-8-15-13)16-12(17)10-5-3-7-14-10/h4,6,8-10,14H,3,5,7H2,1-2H3,(H,16,17)/t10-/m0/s1. The van der Waals surface area contributed by atoms with Crippen molar-refractivity contribution in [1.82, 2.24) is 10.3 Å². The van der Waals surface area contributed by atoms with Crippen molar-refractivity contribution in [3.8, 4) is 5.88 Å². The summed E-state index contributed by atoms with van der Waals surface area (Å²) in [5.41, 5.74) is 0.630. The maximum atomic E-state index is 12.0. The molecule has 1 atom stereocenters. The molecule has 2 heterocycles. The third kappa shape index (κ3) is 3.20. The molecule has 1 aliphatic heterocycles. The Kier molecular flexibility index (Phi) is 4.15. The molecule has 1 aromatic heterocycles. The summed E-state index contributed by atoms with van der Waals surface area (Å²) in [7, 11) is 0. The molecule has 1 aliphatic rings. The van der Waals surface area contributed by atoms with E-state index in [-0.39, 0.29) is 18.1 Å². The van der Waals surface area contributed by atoms with Crippen LogP contribution in [0.4, 0.5) is 5.69 Å². The van der Waals surface area contributed by atoms with Crippen LogP contribution >= 0.6 is 0 Å². The van der Waals surface area contributed by atoms with Gasteiger partial charge in [0.15, 0.2) is 0 Å². The summed E-state index contributed by atoms with van der Waals surface area (Å²) < 4.78 is 5.56. The van der Waals surface area contributed by atoms with Crippen LogP contribution in [0, 0.1) is 0 Å². The summed E-state index contributed by atoms with van der Waals surface area (Å²) in [5.74, 6) is 0.452. The lowest BCUT2D eigenvalue weighted by atomic mass is 10.2. The van der Waals surface area contributed by atoms with E-state index in [1.54, 1.807) is 18.3 Å². The van der Waals surface area contributed by atoms with E-state index in [4.69, 9.17) is 4.74 Å². The minimum absolute atomic E-state index is 0.0193. The van der Waals surface area contributed by atoms with Crippen molar-refractivity contribution >= 4 is 11.6 Å². The summed E-state index contributed by atoms with van der Waals surface area (Å²) in [6.45, 7) is 4.76. The van der Waals surface area contributed by atoms with Gasteiger partial charge >= 0.3 is 0 Å². The highest BCUT2D eigenvalue weighted by Gasteiger charge is 2.23. The molecule has 5 heteroatoms. The molecular formula is C13H19N3O2. The quantitative estimate of drug-likeness (QED) is 0.850. The van der Waals surface area contributed by atoms with Gasteiger partial charge in [0.25, 0.3) is 0 Å². The average Bonchev–Trinajstić information content (AvgIpc) is 2.84. The van der Waals surface area contributed by atoms with Crippen LogP contribution in [0.5, 0.6) is 5.88 Å². The molecule has 1 fully saturated rings. The van der Waals surface area contributed by atoms with Gasteiger partial charge in [0.05, 0.1) is 12.1 Å². The Morgan fingerprint density at radius 1 is 1.61 bits per heavy atom. The van der Waals surface area contributed by atoms with Crippen LogP contribution in [-0.2, 0) is 4.79 Å². The van der Waals surface area contributed by atoms with Crippen LogP contribution in [-0.4, -0.2) is 29.6 Å². The van der Waals surface area contributed by atoms with E-state index in [1.807, 2.05) is 13.8 Å². The fourth-order valence-electron chi connectivity index (χ4n) is 1.93. The molecule has 98 valence electrons. The summed E-state index contributed by atoms with van der Waals surface area (Å²) in [6, 6.07) is 3.49. The zero-order valence-electron chi connectivity index (χ0n) is 10.8. The monoisotopic (exact) mass is 249 g/mol. The second-order valence-electron chi connectivity index (χ2n) is 4.66. The van der Waals surface area contributed by atoms with Gasteiger partial charge in [0, 0.05) is 6.20 Å². The number of aromatic nitrogens is 1. The number of carbonyl (C=O) groups is 1. The maximum absolute atomic E-state index is 12.0. The van der Waals surface area contributed by atoms with E-state index in [0.29, 0.717) is 11.6 Å². The van der Waals surface area contributed by atoms with Crippen LogP contribution in [0.3, 0.4) is 0 Å². The van der Waals surface area contributed by atoms with Crippen molar-refractivity contribution in [2.75, 3.05) is 11.9 Å². The first-order valence-electron chi connectivity index (χ1n) is 6.32. The predicted molar refractivity (Wildman–Crippen MR) is 69.7 cm³/mol. The smallest absolute Gasteiger partial charge is 0.241 e. The normalized spacial score (nSPS) is 18.9. The van der Waals surface area contributed by atoms with Crippen LogP contribution in [0.2, 0.25) is 0 Å². The van der Waals surface area contributed by atoms with Gasteiger partial charge in [-0.3, -0.25) is 4.79 Å². The van der Waals surface area contributed by atoms with Crippen LogP contribution in [0.1, 0.15) is 26.7 Å². The minimum Gasteiger partial charge on any atom is -0.473 e. The highest BCUT2D eigenvalue weighted by molar-refractivity contribution is 5.95. The molecule has 1 amide bonds. The average molecular weight is 249 g/mol. The molecule has 1 aromatic rings. The number of pyridine rings is 1. The fourth-order valence-corrected chi connectivity index (χ4v) is 1.93. The molecule has 0 bridgehead atoms. The van der Waals surface area contributed by atoms with E-state index in [2.05, 4.69) is 15.6 Å². The van der Waals surface area contributed by atoms with E-state index < -0.39 is 0 Å². The van der Waals surface area contributed by atoms with Gasteiger partial charge in [-0.15, -0.1) is 0 Å². The first kappa shape index (κ1) is 12.8. The van der Waals surface area contributed by atoms with Crippen molar-refractivity contribution in [2.45, 2.75) is 38.8 Å². The van der Waals surface area contributed by atoms with Crippen molar-refractivity contribution in [2.24, 2.45) is 0 Å². The third-order valence-corrected chi connectivity index (χ3v) is 2.75.